The molecule has 3 nitrogen and oxygen atoms in total. The molecule has 74 valence electrons. The molecule has 1 rings (SSSR count). The van der Waals surface area contributed by atoms with Gasteiger partial charge in [-0.3, -0.25) is 0 Å². The highest BCUT2D eigenvalue weighted by atomic mass is 15.0. The zero-order chi connectivity index (χ0) is 10.6. The Morgan fingerprint density at radius 3 is 2.93 bits per heavy atom. The maximum absolute atomic E-state index is 8.82. The molecule has 1 N–H and O–H groups in total. The van der Waals surface area contributed by atoms with Crippen molar-refractivity contribution in [2.75, 3.05) is 6.54 Å². The Bertz CT molecular complexity index is 369. The Hall–Kier alpha value is -1.53. The summed E-state index contributed by atoms with van der Waals surface area (Å²) in [4.78, 5) is 0. The minimum absolute atomic E-state index is 0.706. The van der Waals surface area contributed by atoms with Crippen molar-refractivity contribution in [3.8, 4) is 6.07 Å². The normalized spacial score (nSPS) is 9.79. The van der Waals surface area contributed by atoms with E-state index in [-0.39, 0.29) is 0 Å². The predicted molar refractivity (Wildman–Crippen MR) is 56.8 cm³/mol. The van der Waals surface area contributed by atoms with Gasteiger partial charge in [-0.05, 0) is 18.6 Å². The maximum atomic E-state index is 8.82. The van der Waals surface area contributed by atoms with Crippen LogP contribution in [0.25, 0.3) is 0 Å². The molecule has 0 atom stereocenters. The first kappa shape index (κ1) is 10.6. The Balaban J connectivity index is 2.78. The van der Waals surface area contributed by atoms with Crippen molar-refractivity contribution in [2.24, 2.45) is 7.05 Å². The van der Waals surface area contributed by atoms with Crippen LogP contribution in [-0.4, -0.2) is 11.1 Å². The minimum atomic E-state index is 0.706. The van der Waals surface area contributed by atoms with Crippen LogP contribution in [0.15, 0.2) is 18.7 Å². The largest absolute Gasteiger partial charge is 0.340 e. The van der Waals surface area contributed by atoms with Crippen molar-refractivity contribution in [3.05, 3.63) is 35.7 Å². The Morgan fingerprint density at radius 1 is 1.71 bits per heavy atom. The van der Waals surface area contributed by atoms with Crippen molar-refractivity contribution in [2.45, 2.75) is 13.5 Å². The van der Waals surface area contributed by atoms with E-state index in [0.717, 1.165) is 18.8 Å². The van der Waals surface area contributed by atoms with Crippen molar-refractivity contribution < 1.29 is 0 Å². The van der Waals surface area contributed by atoms with Crippen LogP contribution in [0, 0.1) is 18.3 Å². The van der Waals surface area contributed by atoms with Gasteiger partial charge in [-0.2, -0.15) is 5.26 Å². The van der Waals surface area contributed by atoms with Gasteiger partial charge in [-0.1, -0.05) is 6.08 Å². The van der Waals surface area contributed by atoms with Gasteiger partial charge in [0.25, 0.3) is 0 Å². The molecule has 0 radical (unpaired) electrons. The fraction of sp³-hybridized carbons (Fsp3) is 0.364. The molecule has 1 heterocycles. The fourth-order valence-electron chi connectivity index (χ4n) is 1.36. The third-order valence-corrected chi connectivity index (χ3v) is 2.36. The lowest BCUT2D eigenvalue weighted by atomic mass is 10.2. The highest BCUT2D eigenvalue weighted by Gasteiger charge is 2.07. The smallest absolute Gasteiger partial charge is 0.120 e. The lowest BCUT2D eigenvalue weighted by Crippen LogP contribution is -2.13. The van der Waals surface area contributed by atoms with Gasteiger partial charge in [0.1, 0.15) is 11.8 Å². The Morgan fingerprint density at radius 2 is 2.43 bits per heavy atom. The molecule has 0 amide bonds. The molecular weight excluding hydrogens is 174 g/mol. The number of nitrogens with one attached hydrogen (secondary N) is 1. The van der Waals surface area contributed by atoms with E-state index < -0.39 is 0 Å². The second-order valence-electron chi connectivity index (χ2n) is 3.23. The van der Waals surface area contributed by atoms with Crippen molar-refractivity contribution in [3.63, 3.8) is 0 Å². The van der Waals surface area contributed by atoms with Gasteiger partial charge in [-0.25, -0.2) is 0 Å². The van der Waals surface area contributed by atoms with Crippen LogP contribution in [-0.2, 0) is 13.6 Å². The van der Waals surface area contributed by atoms with Gasteiger partial charge >= 0.3 is 0 Å². The van der Waals surface area contributed by atoms with Crippen LogP contribution < -0.4 is 5.32 Å². The van der Waals surface area contributed by atoms with E-state index in [1.165, 1.54) is 5.56 Å². The third-order valence-electron chi connectivity index (χ3n) is 2.36. The molecule has 3 heteroatoms. The first-order chi connectivity index (χ1) is 6.70. The highest BCUT2D eigenvalue weighted by molar-refractivity contribution is 5.34. The quantitative estimate of drug-likeness (QED) is 0.575. The molecule has 0 saturated heterocycles. The van der Waals surface area contributed by atoms with Crippen molar-refractivity contribution in [1.82, 2.24) is 9.88 Å². The van der Waals surface area contributed by atoms with Crippen LogP contribution in [0.5, 0.6) is 0 Å². The minimum Gasteiger partial charge on any atom is -0.340 e. The van der Waals surface area contributed by atoms with E-state index in [0.29, 0.717) is 5.69 Å². The average molecular weight is 189 g/mol. The van der Waals surface area contributed by atoms with Gasteiger partial charge in [0.2, 0.25) is 0 Å². The van der Waals surface area contributed by atoms with E-state index in [1.54, 1.807) is 0 Å². The summed E-state index contributed by atoms with van der Waals surface area (Å²) < 4.78 is 1.91. The molecule has 0 aliphatic carbocycles. The van der Waals surface area contributed by atoms with E-state index in [2.05, 4.69) is 18.0 Å². The molecular formula is C11H15N3. The van der Waals surface area contributed by atoms with E-state index in [1.807, 2.05) is 30.7 Å². The molecule has 1 aromatic rings. The summed E-state index contributed by atoms with van der Waals surface area (Å²) in [5, 5.41) is 12.0. The van der Waals surface area contributed by atoms with Crippen LogP contribution in [0.4, 0.5) is 0 Å². The summed E-state index contributed by atoms with van der Waals surface area (Å²) in [6, 6.07) is 4.08. The van der Waals surface area contributed by atoms with E-state index >= 15 is 0 Å². The van der Waals surface area contributed by atoms with Crippen LogP contribution in [0.1, 0.15) is 17.0 Å². The molecule has 0 spiro atoms. The summed E-state index contributed by atoms with van der Waals surface area (Å²) in [6.07, 6.45) is 1.82. The zero-order valence-electron chi connectivity index (χ0n) is 8.67. The highest BCUT2D eigenvalue weighted by Crippen LogP contribution is 2.12. The second kappa shape index (κ2) is 4.64. The second-order valence-corrected chi connectivity index (χ2v) is 3.23. The Labute approximate surface area is 84.7 Å². The SMILES string of the molecule is C=CCNCc1cc(C#N)n(C)c1C. The molecule has 0 saturated carbocycles. The average Bonchev–Trinajstić information content (AvgIpc) is 2.46. The molecule has 0 aliphatic heterocycles. The summed E-state index contributed by atoms with van der Waals surface area (Å²) in [5.74, 6) is 0. The number of rotatable bonds is 4. The number of aromatic nitrogens is 1. The monoisotopic (exact) mass is 189 g/mol. The van der Waals surface area contributed by atoms with Gasteiger partial charge in [0, 0.05) is 25.8 Å². The topological polar surface area (TPSA) is 40.8 Å². The summed E-state index contributed by atoms with van der Waals surface area (Å²) >= 11 is 0. The standard InChI is InChI=1S/C11H15N3/c1-4-5-13-8-10-6-11(7-12)14(3)9(10)2/h4,6,13H,1,5,8H2,2-3H3. The first-order valence-corrected chi connectivity index (χ1v) is 4.57. The molecule has 0 aromatic carbocycles. The number of hydrogen-bond donors (Lipinski definition) is 1. The zero-order valence-corrected chi connectivity index (χ0v) is 8.67. The molecule has 14 heavy (non-hydrogen) atoms. The fourth-order valence-corrected chi connectivity index (χ4v) is 1.36. The molecule has 1 aromatic heterocycles. The van der Waals surface area contributed by atoms with Crippen molar-refractivity contribution in [1.29, 1.82) is 5.26 Å². The van der Waals surface area contributed by atoms with E-state index in [9.17, 15) is 0 Å². The summed E-state index contributed by atoms with van der Waals surface area (Å²) in [5.41, 5.74) is 3.02. The lowest BCUT2D eigenvalue weighted by Gasteiger charge is -2.02. The van der Waals surface area contributed by atoms with Gasteiger partial charge in [0.05, 0.1) is 0 Å². The predicted octanol–water partition coefficient (Wildman–Crippen LogP) is 1.48. The van der Waals surface area contributed by atoms with Gasteiger partial charge in [-0.15, -0.1) is 6.58 Å². The lowest BCUT2D eigenvalue weighted by molar-refractivity contribution is 0.748. The third kappa shape index (κ3) is 2.04. The molecule has 0 unspecified atom stereocenters. The van der Waals surface area contributed by atoms with Crippen LogP contribution in [0.3, 0.4) is 0 Å². The van der Waals surface area contributed by atoms with Crippen LogP contribution in [0.2, 0.25) is 0 Å². The molecule has 0 fully saturated rings. The number of nitrogens with zero attached hydrogens (tertiary/aromatic N) is 2. The van der Waals surface area contributed by atoms with Crippen molar-refractivity contribution >= 4 is 0 Å². The van der Waals surface area contributed by atoms with Gasteiger partial charge < -0.3 is 9.88 Å². The molecule has 0 bridgehead atoms. The number of nitriles is 1. The maximum Gasteiger partial charge on any atom is 0.120 e. The first-order valence-electron chi connectivity index (χ1n) is 4.57. The Kier molecular flexibility index (Phi) is 3.49. The van der Waals surface area contributed by atoms with E-state index in [4.69, 9.17) is 5.26 Å². The molecule has 0 aliphatic rings. The summed E-state index contributed by atoms with van der Waals surface area (Å²) in [6.45, 7) is 7.23. The van der Waals surface area contributed by atoms with Crippen LogP contribution >= 0.6 is 0 Å². The number of hydrogen-bond acceptors (Lipinski definition) is 2. The summed E-state index contributed by atoms with van der Waals surface area (Å²) in [7, 11) is 1.91. The van der Waals surface area contributed by atoms with Gasteiger partial charge in [0.15, 0.2) is 0 Å².